The van der Waals surface area contributed by atoms with Crippen molar-refractivity contribution in [3.63, 3.8) is 0 Å². The number of aliphatic hydroxyl groups is 1. The molecule has 1 nitrogen and oxygen atoms in total. The Morgan fingerprint density at radius 1 is 1.07 bits per heavy atom. The van der Waals surface area contributed by atoms with Gasteiger partial charge in [0.15, 0.2) is 0 Å². The Balaban J connectivity index is 2.81. The van der Waals surface area contributed by atoms with E-state index in [1.165, 1.54) is 5.56 Å². The zero-order chi connectivity index (χ0) is 10.8. The topological polar surface area (TPSA) is 20.2 Å². The number of benzene rings is 1. The summed E-state index contributed by atoms with van der Waals surface area (Å²) in [7, 11) is 0. The second kappa shape index (κ2) is 4.14. The average molecular weight is 192 g/mol. The number of hydrogen-bond acceptors (Lipinski definition) is 1. The van der Waals surface area contributed by atoms with E-state index >= 15 is 0 Å². The number of rotatable bonds is 2. The van der Waals surface area contributed by atoms with Gasteiger partial charge >= 0.3 is 0 Å². The largest absolute Gasteiger partial charge is 0.392 e. The highest BCUT2D eigenvalue weighted by atomic mass is 16.3. The summed E-state index contributed by atoms with van der Waals surface area (Å²) in [5.41, 5.74) is 1.14. The third-order valence-corrected chi connectivity index (χ3v) is 2.69. The molecule has 1 aromatic carbocycles. The van der Waals surface area contributed by atoms with Crippen LogP contribution in [0.4, 0.5) is 0 Å². The molecule has 1 aromatic rings. The van der Waals surface area contributed by atoms with Crippen molar-refractivity contribution in [2.24, 2.45) is 5.41 Å². The molecule has 14 heavy (non-hydrogen) atoms. The highest BCUT2D eigenvalue weighted by molar-refractivity contribution is 5.20. The van der Waals surface area contributed by atoms with Gasteiger partial charge in [0.1, 0.15) is 0 Å². The van der Waals surface area contributed by atoms with Crippen LogP contribution in [0, 0.1) is 5.41 Å². The Hall–Kier alpha value is -0.820. The molecule has 1 N–H and O–H groups in total. The van der Waals surface area contributed by atoms with Gasteiger partial charge in [-0.3, -0.25) is 0 Å². The fourth-order valence-electron chi connectivity index (χ4n) is 1.69. The molecule has 0 radical (unpaired) electrons. The SMILES string of the molecule is C[C@H](c1ccccc1)[C@H](O)C(C)(C)C. The van der Waals surface area contributed by atoms with Crippen LogP contribution in [0.2, 0.25) is 0 Å². The smallest absolute Gasteiger partial charge is 0.0654 e. The zero-order valence-corrected chi connectivity index (χ0v) is 9.49. The van der Waals surface area contributed by atoms with Gasteiger partial charge in [-0.25, -0.2) is 0 Å². The number of aliphatic hydroxyl groups excluding tert-OH is 1. The van der Waals surface area contributed by atoms with E-state index in [-0.39, 0.29) is 17.4 Å². The molecule has 0 bridgehead atoms. The predicted octanol–water partition coefficient (Wildman–Crippen LogP) is 3.20. The first-order valence-corrected chi connectivity index (χ1v) is 5.16. The highest BCUT2D eigenvalue weighted by Gasteiger charge is 2.28. The molecule has 0 aliphatic rings. The van der Waals surface area contributed by atoms with Gasteiger partial charge in [0.05, 0.1) is 6.10 Å². The van der Waals surface area contributed by atoms with Crippen molar-refractivity contribution in [2.75, 3.05) is 0 Å². The van der Waals surface area contributed by atoms with Gasteiger partial charge in [-0.2, -0.15) is 0 Å². The molecule has 0 heterocycles. The minimum atomic E-state index is -0.301. The summed E-state index contributed by atoms with van der Waals surface area (Å²) < 4.78 is 0. The Kier molecular flexibility index (Phi) is 3.33. The third-order valence-electron chi connectivity index (χ3n) is 2.69. The van der Waals surface area contributed by atoms with E-state index in [4.69, 9.17) is 0 Å². The van der Waals surface area contributed by atoms with Crippen LogP contribution in [0.5, 0.6) is 0 Å². The lowest BCUT2D eigenvalue weighted by Gasteiger charge is -2.31. The number of hydrogen-bond donors (Lipinski definition) is 1. The van der Waals surface area contributed by atoms with Crippen LogP contribution in [0.3, 0.4) is 0 Å². The predicted molar refractivity (Wildman–Crippen MR) is 60.3 cm³/mol. The van der Waals surface area contributed by atoms with E-state index < -0.39 is 0 Å². The quantitative estimate of drug-likeness (QED) is 0.763. The molecular formula is C13H20O. The lowest BCUT2D eigenvalue weighted by molar-refractivity contribution is 0.0434. The van der Waals surface area contributed by atoms with Crippen molar-refractivity contribution in [1.82, 2.24) is 0 Å². The van der Waals surface area contributed by atoms with Crippen molar-refractivity contribution >= 4 is 0 Å². The van der Waals surface area contributed by atoms with E-state index in [0.717, 1.165) is 0 Å². The molecule has 2 atom stereocenters. The van der Waals surface area contributed by atoms with Gasteiger partial charge in [0.2, 0.25) is 0 Å². The molecule has 0 aliphatic heterocycles. The molecule has 0 saturated carbocycles. The molecular weight excluding hydrogens is 172 g/mol. The minimum Gasteiger partial charge on any atom is -0.392 e. The van der Waals surface area contributed by atoms with E-state index in [2.05, 4.69) is 39.8 Å². The van der Waals surface area contributed by atoms with Gasteiger partial charge in [-0.05, 0) is 11.0 Å². The second-order valence-corrected chi connectivity index (χ2v) is 5.01. The standard InChI is InChI=1S/C13H20O/c1-10(12(14)13(2,3)4)11-8-6-5-7-9-11/h5-10,12,14H,1-4H3/t10-,12+/m1/s1. The first-order chi connectivity index (χ1) is 6.43. The first-order valence-electron chi connectivity index (χ1n) is 5.16. The van der Waals surface area contributed by atoms with E-state index in [9.17, 15) is 5.11 Å². The summed E-state index contributed by atoms with van der Waals surface area (Å²) in [6.07, 6.45) is -0.301. The molecule has 0 spiro atoms. The molecule has 1 rings (SSSR count). The monoisotopic (exact) mass is 192 g/mol. The normalized spacial score (nSPS) is 16.4. The molecule has 0 saturated heterocycles. The van der Waals surface area contributed by atoms with Crippen molar-refractivity contribution in [2.45, 2.75) is 39.7 Å². The van der Waals surface area contributed by atoms with Crippen LogP contribution in [0.25, 0.3) is 0 Å². The van der Waals surface area contributed by atoms with Gasteiger partial charge in [-0.1, -0.05) is 58.0 Å². The van der Waals surface area contributed by atoms with Crippen LogP contribution in [0.1, 0.15) is 39.2 Å². The van der Waals surface area contributed by atoms with Gasteiger partial charge in [0.25, 0.3) is 0 Å². The fraction of sp³-hybridized carbons (Fsp3) is 0.538. The molecule has 0 amide bonds. The Bertz CT molecular complexity index is 271. The second-order valence-electron chi connectivity index (χ2n) is 5.01. The van der Waals surface area contributed by atoms with Crippen LogP contribution < -0.4 is 0 Å². The van der Waals surface area contributed by atoms with Crippen LogP contribution >= 0.6 is 0 Å². The van der Waals surface area contributed by atoms with E-state index in [0.29, 0.717) is 0 Å². The van der Waals surface area contributed by atoms with E-state index in [1.54, 1.807) is 0 Å². The van der Waals surface area contributed by atoms with Gasteiger partial charge < -0.3 is 5.11 Å². The van der Waals surface area contributed by atoms with Crippen molar-refractivity contribution in [3.05, 3.63) is 35.9 Å². The maximum atomic E-state index is 10.1. The molecule has 0 aliphatic carbocycles. The van der Waals surface area contributed by atoms with Crippen LogP contribution in [-0.4, -0.2) is 11.2 Å². The summed E-state index contributed by atoms with van der Waals surface area (Å²) in [6.45, 7) is 8.27. The lowest BCUT2D eigenvalue weighted by atomic mass is 9.79. The van der Waals surface area contributed by atoms with Crippen LogP contribution in [-0.2, 0) is 0 Å². The Labute approximate surface area is 86.8 Å². The van der Waals surface area contributed by atoms with E-state index in [1.807, 2.05) is 18.2 Å². The Morgan fingerprint density at radius 2 is 1.57 bits per heavy atom. The maximum Gasteiger partial charge on any atom is 0.0654 e. The first kappa shape index (κ1) is 11.3. The molecule has 0 unspecified atom stereocenters. The average Bonchev–Trinajstić information content (AvgIpc) is 2.15. The summed E-state index contributed by atoms with van der Waals surface area (Å²) >= 11 is 0. The molecule has 78 valence electrons. The van der Waals surface area contributed by atoms with Crippen molar-refractivity contribution in [3.8, 4) is 0 Å². The Morgan fingerprint density at radius 3 is 2.00 bits per heavy atom. The summed E-state index contributed by atoms with van der Waals surface area (Å²) in [5.74, 6) is 0.191. The minimum absolute atomic E-state index is 0.0603. The highest BCUT2D eigenvalue weighted by Crippen LogP contribution is 2.31. The fourth-order valence-corrected chi connectivity index (χ4v) is 1.69. The third kappa shape index (κ3) is 2.58. The lowest BCUT2D eigenvalue weighted by Crippen LogP contribution is -2.31. The summed E-state index contributed by atoms with van der Waals surface area (Å²) in [5, 5.41) is 10.1. The molecule has 0 aromatic heterocycles. The molecule has 1 heteroatoms. The van der Waals surface area contributed by atoms with Gasteiger partial charge in [-0.15, -0.1) is 0 Å². The van der Waals surface area contributed by atoms with Gasteiger partial charge in [0, 0.05) is 5.92 Å². The van der Waals surface area contributed by atoms with Crippen LogP contribution in [0.15, 0.2) is 30.3 Å². The summed E-state index contributed by atoms with van der Waals surface area (Å²) in [4.78, 5) is 0. The zero-order valence-electron chi connectivity index (χ0n) is 9.49. The van der Waals surface area contributed by atoms with Crippen molar-refractivity contribution < 1.29 is 5.11 Å². The maximum absolute atomic E-state index is 10.1. The summed E-state index contributed by atoms with van der Waals surface area (Å²) in [6, 6.07) is 10.2. The van der Waals surface area contributed by atoms with Crippen molar-refractivity contribution in [1.29, 1.82) is 0 Å². The molecule has 0 fully saturated rings.